The van der Waals surface area contributed by atoms with Crippen molar-refractivity contribution in [3.8, 4) is 0 Å². The second-order valence-corrected chi connectivity index (χ2v) is 9.97. The molecule has 1 aliphatic heterocycles. The van der Waals surface area contributed by atoms with Crippen molar-refractivity contribution in [1.29, 1.82) is 0 Å². The molecule has 2 bridgehead atoms. The molecule has 1 heterocycles. The average molecular weight is 353 g/mol. The fraction of sp³-hybridized carbons (Fsp3) is 0.952. The van der Waals surface area contributed by atoms with Gasteiger partial charge in [-0.25, -0.2) is 0 Å². The summed E-state index contributed by atoms with van der Waals surface area (Å²) in [6.07, 6.45) is 7.86. The van der Waals surface area contributed by atoms with Crippen LogP contribution < -0.4 is 0 Å². The van der Waals surface area contributed by atoms with Gasteiger partial charge >= 0.3 is 5.97 Å². The van der Waals surface area contributed by atoms with Crippen molar-refractivity contribution in [2.45, 2.75) is 78.4 Å². The van der Waals surface area contributed by atoms with Gasteiger partial charge < -0.3 is 14.0 Å². The quantitative estimate of drug-likeness (QED) is 0.539. The summed E-state index contributed by atoms with van der Waals surface area (Å²) >= 11 is 0. The molecule has 2 saturated carbocycles. The first-order chi connectivity index (χ1) is 11.7. The predicted molar refractivity (Wildman–Crippen MR) is 99.2 cm³/mol. The van der Waals surface area contributed by atoms with Crippen LogP contribution in [0.3, 0.4) is 0 Å². The summed E-state index contributed by atoms with van der Waals surface area (Å²) in [7, 11) is 2.30. The van der Waals surface area contributed by atoms with Gasteiger partial charge in [-0.2, -0.15) is 0 Å². The van der Waals surface area contributed by atoms with Gasteiger partial charge in [0.05, 0.1) is 32.8 Å². The number of likely N-dealkylation sites (tertiary alicyclic amines) is 1. The first-order valence-electron chi connectivity index (χ1n) is 10.3. The van der Waals surface area contributed by atoms with Crippen LogP contribution in [-0.2, 0) is 14.3 Å². The SMILES string of the molecule is CC(=O)OC(COC1C[C@@H]2CC[C@@]1(C)C2(C)C)C[N+]1(C)CCCCC1. The zero-order valence-corrected chi connectivity index (χ0v) is 17.0. The number of rotatable bonds is 6. The molecule has 2 unspecified atom stereocenters. The highest BCUT2D eigenvalue weighted by atomic mass is 16.6. The Morgan fingerprint density at radius 3 is 2.40 bits per heavy atom. The number of ether oxygens (including phenoxy) is 2. The smallest absolute Gasteiger partial charge is 0.303 e. The van der Waals surface area contributed by atoms with E-state index in [4.69, 9.17) is 9.47 Å². The molecule has 4 atom stereocenters. The van der Waals surface area contributed by atoms with Crippen LogP contribution in [-0.4, -0.2) is 55.9 Å². The molecule has 3 fully saturated rings. The normalized spacial score (nSPS) is 37.0. The van der Waals surface area contributed by atoms with Crippen LogP contribution in [0.15, 0.2) is 0 Å². The van der Waals surface area contributed by atoms with E-state index in [1.807, 2.05) is 0 Å². The summed E-state index contributed by atoms with van der Waals surface area (Å²) < 4.78 is 13.1. The minimum atomic E-state index is -0.184. The van der Waals surface area contributed by atoms with Gasteiger partial charge in [-0.3, -0.25) is 4.79 Å². The van der Waals surface area contributed by atoms with Gasteiger partial charge in [-0.15, -0.1) is 0 Å². The molecule has 0 spiro atoms. The standard InChI is InChI=1S/C21H38NO3/c1-16(23)25-18(14-22(5)11-7-6-8-12-22)15-24-19-13-17-9-10-21(19,4)20(17,2)3/h17-19H,6-15H2,1-5H3/q+1/t17-,18?,19?,21+/m0/s1. The number of esters is 1. The van der Waals surface area contributed by atoms with E-state index >= 15 is 0 Å². The van der Waals surface area contributed by atoms with Gasteiger partial charge in [0.1, 0.15) is 6.54 Å². The zero-order chi connectivity index (χ0) is 18.3. The number of fused-ring (bicyclic) bond motifs is 2. The monoisotopic (exact) mass is 352 g/mol. The zero-order valence-electron chi connectivity index (χ0n) is 17.0. The molecule has 0 aromatic rings. The molecule has 144 valence electrons. The van der Waals surface area contributed by atoms with E-state index in [2.05, 4.69) is 27.8 Å². The molecule has 0 N–H and O–H groups in total. The fourth-order valence-corrected chi connectivity index (χ4v) is 5.91. The van der Waals surface area contributed by atoms with Gasteiger partial charge in [-0.1, -0.05) is 20.8 Å². The van der Waals surface area contributed by atoms with Crippen molar-refractivity contribution in [2.75, 3.05) is 33.3 Å². The summed E-state index contributed by atoms with van der Waals surface area (Å²) in [5.74, 6) is 0.595. The third-order valence-electron chi connectivity index (χ3n) is 8.07. The van der Waals surface area contributed by atoms with Crippen LogP contribution in [0.4, 0.5) is 0 Å². The Balaban J connectivity index is 1.61. The fourth-order valence-electron chi connectivity index (χ4n) is 5.91. The van der Waals surface area contributed by atoms with Crippen molar-refractivity contribution < 1.29 is 18.8 Å². The van der Waals surface area contributed by atoms with Crippen LogP contribution in [0.2, 0.25) is 0 Å². The Hall–Kier alpha value is -0.610. The van der Waals surface area contributed by atoms with Crippen LogP contribution in [0, 0.1) is 16.7 Å². The lowest BCUT2D eigenvalue weighted by atomic mass is 9.70. The minimum Gasteiger partial charge on any atom is -0.454 e. The van der Waals surface area contributed by atoms with Gasteiger partial charge in [0.25, 0.3) is 0 Å². The molecule has 2 aliphatic carbocycles. The Labute approximate surface area is 153 Å². The molecule has 3 rings (SSSR count). The third kappa shape index (κ3) is 3.62. The predicted octanol–water partition coefficient (Wildman–Crippen LogP) is 3.78. The summed E-state index contributed by atoms with van der Waals surface area (Å²) in [6.45, 7) is 12.6. The van der Waals surface area contributed by atoms with Gasteiger partial charge in [0.2, 0.25) is 0 Å². The third-order valence-corrected chi connectivity index (χ3v) is 8.07. The van der Waals surface area contributed by atoms with Crippen molar-refractivity contribution in [3.05, 3.63) is 0 Å². The molecular weight excluding hydrogens is 314 g/mol. The summed E-state index contributed by atoms with van der Waals surface area (Å²) in [5.41, 5.74) is 0.627. The van der Waals surface area contributed by atoms with Crippen LogP contribution in [0.1, 0.15) is 66.2 Å². The van der Waals surface area contributed by atoms with E-state index in [1.54, 1.807) is 0 Å². The Bertz CT molecular complexity index is 497. The highest BCUT2D eigenvalue weighted by molar-refractivity contribution is 5.66. The summed E-state index contributed by atoms with van der Waals surface area (Å²) in [5, 5.41) is 0. The molecule has 0 amide bonds. The number of piperidine rings is 1. The van der Waals surface area contributed by atoms with Crippen molar-refractivity contribution in [3.63, 3.8) is 0 Å². The topological polar surface area (TPSA) is 35.5 Å². The highest BCUT2D eigenvalue weighted by Gasteiger charge is 2.62. The maximum Gasteiger partial charge on any atom is 0.303 e. The number of nitrogens with zero attached hydrogens (tertiary/aromatic N) is 1. The van der Waals surface area contributed by atoms with E-state index < -0.39 is 0 Å². The highest BCUT2D eigenvalue weighted by Crippen LogP contribution is 2.66. The molecule has 0 radical (unpaired) electrons. The molecule has 25 heavy (non-hydrogen) atoms. The van der Waals surface area contributed by atoms with Gasteiger partial charge in [0.15, 0.2) is 6.10 Å². The Morgan fingerprint density at radius 2 is 1.88 bits per heavy atom. The number of carbonyl (C=O) groups is 1. The molecular formula is C21H38NO3+. The van der Waals surface area contributed by atoms with Gasteiger partial charge in [0, 0.05) is 6.92 Å². The summed E-state index contributed by atoms with van der Waals surface area (Å²) in [4.78, 5) is 11.6. The largest absolute Gasteiger partial charge is 0.454 e. The first-order valence-corrected chi connectivity index (χ1v) is 10.3. The van der Waals surface area contributed by atoms with Crippen LogP contribution in [0.5, 0.6) is 0 Å². The van der Waals surface area contributed by atoms with E-state index in [1.165, 1.54) is 58.5 Å². The number of likely N-dealkylation sites (N-methyl/N-ethyl adjacent to an activating group) is 1. The lowest BCUT2D eigenvalue weighted by Crippen LogP contribution is -2.53. The summed E-state index contributed by atoms with van der Waals surface area (Å²) in [6, 6.07) is 0. The Kier molecular flexibility index (Phi) is 5.25. The van der Waals surface area contributed by atoms with E-state index in [0.717, 1.165) is 16.9 Å². The lowest BCUT2D eigenvalue weighted by Gasteiger charge is -2.41. The van der Waals surface area contributed by atoms with Crippen molar-refractivity contribution in [2.24, 2.45) is 16.7 Å². The van der Waals surface area contributed by atoms with E-state index in [0.29, 0.717) is 18.1 Å². The lowest BCUT2D eigenvalue weighted by molar-refractivity contribution is -0.916. The van der Waals surface area contributed by atoms with Gasteiger partial charge in [-0.05, 0) is 55.3 Å². The molecule has 4 heteroatoms. The molecule has 3 aliphatic rings. The van der Waals surface area contributed by atoms with E-state index in [9.17, 15) is 4.79 Å². The Morgan fingerprint density at radius 1 is 1.20 bits per heavy atom. The van der Waals surface area contributed by atoms with E-state index in [-0.39, 0.29) is 17.5 Å². The average Bonchev–Trinajstić information content (AvgIpc) is 2.85. The molecule has 0 aromatic carbocycles. The van der Waals surface area contributed by atoms with Crippen LogP contribution in [0.25, 0.3) is 0 Å². The first kappa shape index (κ1) is 19.2. The number of hydrogen-bond donors (Lipinski definition) is 0. The molecule has 1 saturated heterocycles. The molecule has 4 nitrogen and oxygen atoms in total. The number of hydrogen-bond acceptors (Lipinski definition) is 3. The maximum atomic E-state index is 11.6. The van der Waals surface area contributed by atoms with Crippen molar-refractivity contribution in [1.82, 2.24) is 0 Å². The maximum absolute atomic E-state index is 11.6. The van der Waals surface area contributed by atoms with Crippen molar-refractivity contribution >= 4 is 5.97 Å². The minimum absolute atomic E-state index is 0.119. The number of carbonyl (C=O) groups excluding carboxylic acids is 1. The second kappa shape index (κ2) is 6.84. The van der Waals surface area contributed by atoms with Crippen LogP contribution >= 0.6 is 0 Å². The molecule has 0 aromatic heterocycles. The second-order valence-electron chi connectivity index (χ2n) is 9.97. The number of quaternary nitrogens is 1.